The van der Waals surface area contributed by atoms with E-state index in [0.717, 1.165) is 38.5 Å². The van der Waals surface area contributed by atoms with Gasteiger partial charge >= 0.3 is 6.09 Å². The Labute approximate surface area is 187 Å². The van der Waals surface area contributed by atoms with Gasteiger partial charge < -0.3 is 19.3 Å². The molecule has 0 aromatic heterocycles. The topological polar surface area (TPSA) is 68.2 Å². The van der Waals surface area contributed by atoms with Gasteiger partial charge in [0.25, 0.3) is 0 Å². The third kappa shape index (κ3) is 6.33. The highest BCUT2D eigenvalue weighted by Crippen LogP contribution is 2.42. The zero-order valence-corrected chi connectivity index (χ0v) is 19.9. The lowest BCUT2D eigenvalue weighted by Crippen LogP contribution is -2.61. The van der Waals surface area contributed by atoms with Crippen LogP contribution < -0.4 is 0 Å². The average Bonchev–Trinajstić information content (AvgIpc) is 3.11. The van der Waals surface area contributed by atoms with Crippen LogP contribution in [0.3, 0.4) is 0 Å². The largest absolute Gasteiger partial charge is 0.444 e. The van der Waals surface area contributed by atoms with Gasteiger partial charge in [0.05, 0.1) is 25.4 Å². The summed E-state index contributed by atoms with van der Waals surface area (Å²) in [5.41, 5.74) is -0.543. The van der Waals surface area contributed by atoms with E-state index < -0.39 is 17.5 Å². The monoisotopic (exact) mass is 435 g/mol. The molecule has 0 radical (unpaired) electrons. The highest BCUT2D eigenvalue weighted by molar-refractivity contribution is 5.69. The highest BCUT2D eigenvalue weighted by atomic mass is 16.7. The second-order valence-corrected chi connectivity index (χ2v) is 10.4. The molecular formula is C25H41NO5. The number of carbonyl (C=O) groups is 1. The molecule has 3 rings (SSSR count). The molecule has 2 saturated heterocycles. The standard InChI is InChI=1S/C25H41NO5/c1-18-22(27)17-20-19(11-8-6-7-9-14-25(5)29-15-16-30-25)12-10-13-21(20)26(18)23(28)31-24(2,3)4/h6-8,11,18-22,27H,9-10,12-17H2,1-5H3/b7-6+,11-8+/t18-,19+,20-,21+,22+/m0/s1. The van der Waals surface area contributed by atoms with E-state index in [0.29, 0.717) is 19.1 Å². The molecule has 0 aromatic rings. The highest BCUT2D eigenvalue weighted by Gasteiger charge is 2.47. The summed E-state index contributed by atoms with van der Waals surface area (Å²) in [5.74, 6) is 0.177. The lowest BCUT2D eigenvalue weighted by Gasteiger charge is -2.51. The van der Waals surface area contributed by atoms with Crippen LogP contribution in [0.15, 0.2) is 24.3 Å². The quantitative estimate of drug-likeness (QED) is 0.627. The molecule has 0 unspecified atom stereocenters. The van der Waals surface area contributed by atoms with Crippen molar-refractivity contribution in [2.45, 2.75) is 103 Å². The normalized spacial score (nSPS) is 33.7. The van der Waals surface area contributed by atoms with Crippen molar-refractivity contribution < 1.29 is 24.1 Å². The number of rotatable bonds is 5. The molecule has 2 aliphatic heterocycles. The molecule has 2 heterocycles. The first-order chi connectivity index (χ1) is 14.6. The minimum Gasteiger partial charge on any atom is -0.444 e. The molecule has 1 amide bonds. The van der Waals surface area contributed by atoms with Gasteiger partial charge in [-0.25, -0.2) is 4.79 Å². The van der Waals surface area contributed by atoms with Crippen molar-refractivity contribution in [2.75, 3.05) is 13.2 Å². The fraction of sp³-hybridized carbons (Fsp3) is 0.800. The Bertz CT molecular complexity index is 661. The first kappa shape index (κ1) is 24.3. The second-order valence-electron chi connectivity index (χ2n) is 10.4. The Hall–Kier alpha value is -1.37. The van der Waals surface area contributed by atoms with Gasteiger partial charge in [-0.3, -0.25) is 4.90 Å². The van der Waals surface area contributed by atoms with Crippen LogP contribution in [0.2, 0.25) is 0 Å². The molecule has 0 spiro atoms. The Morgan fingerprint density at radius 3 is 2.61 bits per heavy atom. The molecule has 3 aliphatic rings. The average molecular weight is 436 g/mol. The molecule has 6 heteroatoms. The Morgan fingerprint density at radius 2 is 1.94 bits per heavy atom. The van der Waals surface area contributed by atoms with E-state index in [2.05, 4.69) is 24.3 Å². The summed E-state index contributed by atoms with van der Waals surface area (Å²) >= 11 is 0. The molecule has 176 valence electrons. The first-order valence-electron chi connectivity index (χ1n) is 11.9. The number of allylic oxidation sites excluding steroid dienone is 4. The van der Waals surface area contributed by atoms with Crippen LogP contribution in [0.1, 0.15) is 73.1 Å². The number of piperidine rings is 1. The van der Waals surface area contributed by atoms with Gasteiger partial charge in [0.2, 0.25) is 0 Å². The van der Waals surface area contributed by atoms with Crippen molar-refractivity contribution >= 4 is 6.09 Å². The number of likely N-dealkylation sites (tertiary alicyclic amines) is 1. The minimum atomic E-state index is -0.543. The maximum atomic E-state index is 12.9. The van der Waals surface area contributed by atoms with E-state index in [1.807, 2.05) is 39.5 Å². The SMILES string of the molecule is C[C@H]1[C@H](O)C[C@H]2[C@H](/C=C/C=C/CCC3(C)OCCO3)CCC[C@H]2N1C(=O)OC(C)(C)C. The van der Waals surface area contributed by atoms with E-state index >= 15 is 0 Å². The van der Waals surface area contributed by atoms with Gasteiger partial charge in [-0.1, -0.05) is 30.7 Å². The van der Waals surface area contributed by atoms with Crippen LogP contribution >= 0.6 is 0 Å². The third-order valence-corrected chi connectivity index (χ3v) is 6.82. The smallest absolute Gasteiger partial charge is 0.410 e. The molecule has 1 aliphatic carbocycles. The maximum Gasteiger partial charge on any atom is 0.410 e. The number of carbonyl (C=O) groups excluding carboxylic acids is 1. The molecular weight excluding hydrogens is 394 g/mol. The van der Waals surface area contributed by atoms with E-state index in [4.69, 9.17) is 14.2 Å². The minimum absolute atomic E-state index is 0.122. The Morgan fingerprint density at radius 1 is 1.23 bits per heavy atom. The van der Waals surface area contributed by atoms with Crippen molar-refractivity contribution in [2.24, 2.45) is 11.8 Å². The maximum absolute atomic E-state index is 12.9. The number of amides is 1. The number of aliphatic hydroxyl groups excluding tert-OH is 1. The van der Waals surface area contributed by atoms with E-state index in [9.17, 15) is 9.90 Å². The Kier molecular flexibility index (Phi) is 7.87. The Balaban J connectivity index is 1.60. The summed E-state index contributed by atoms with van der Waals surface area (Å²) in [6, 6.07) is -0.0997. The summed E-state index contributed by atoms with van der Waals surface area (Å²) in [6.07, 6.45) is 13.4. The predicted molar refractivity (Wildman–Crippen MR) is 121 cm³/mol. The van der Waals surface area contributed by atoms with Crippen molar-refractivity contribution in [3.8, 4) is 0 Å². The fourth-order valence-electron chi connectivity index (χ4n) is 5.20. The summed E-state index contributed by atoms with van der Waals surface area (Å²) in [5, 5.41) is 10.7. The van der Waals surface area contributed by atoms with E-state index in [1.165, 1.54) is 0 Å². The first-order valence-corrected chi connectivity index (χ1v) is 11.9. The number of hydrogen-bond acceptors (Lipinski definition) is 5. The number of hydrogen-bond donors (Lipinski definition) is 1. The summed E-state index contributed by atoms with van der Waals surface area (Å²) in [4.78, 5) is 14.8. The summed E-state index contributed by atoms with van der Waals surface area (Å²) < 4.78 is 17.0. The number of ether oxygens (including phenoxy) is 3. The molecule has 1 N–H and O–H groups in total. The van der Waals surface area contributed by atoms with Crippen molar-refractivity contribution in [1.82, 2.24) is 4.90 Å². The molecule has 31 heavy (non-hydrogen) atoms. The molecule has 1 saturated carbocycles. The number of nitrogens with zero attached hydrogens (tertiary/aromatic N) is 1. The van der Waals surface area contributed by atoms with Crippen molar-refractivity contribution in [3.05, 3.63) is 24.3 Å². The van der Waals surface area contributed by atoms with Crippen molar-refractivity contribution in [3.63, 3.8) is 0 Å². The van der Waals surface area contributed by atoms with Crippen LogP contribution in [0.5, 0.6) is 0 Å². The molecule has 0 bridgehead atoms. The van der Waals surface area contributed by atoms with Gasteiger partial charge in [0, 0.05) is 12.5 Å². The zero-order valence-electron chi connectivity index (χ0n) is 19.9. The third-order valence-electron chi connectivity index (χ3n) is 6.82. The van der Waals surface area contributed by atoms with Gasteiger partial charge in [0.1, 0.15) is 5.60 Å². The molecule has 6 nitrogen and oxygen atoms in total. The molecule has 0 aromatic carbocycles. The van der Waals surface area contributed by atoms with Gasteiger partial charge in [0.15, 0.2) is 5.79 Å². The van der Waals surface area contributed by atoms with Crippen molar-refractivity contribution in [1.29, 1.82) is 0 Å². The van der Waals surface area contributed by atoms with Crippen LogP contribution in [-0.4, -0.2) is 58.9 Å². The van der Waals surface area contributed by atoms with E-state index in [-0.39, 0.29) is 24.1 Å². The van der Waals surface area contributed by atoms with Gasteiger partial charge in [-0.15, -0.1) is 0 Å². The fourth-order valence-corrected chi connectivity index (χ4v) is 5.20. The lowest BCUT2D eigenvalue weighted by molar-refractivity contribution is -0.145. The van der Waals surface area contributed by atoms with Gasteiger partial charge in [-0.05, 0) is 72.1 Å². The zero-order chi connectivity index (χ0) is 22.6. The van der Waals surface area contributed by atoms with E-state index in [1.54, 1.807) is 0 Å². The molecule has 3 fully saturated rings. The number of fused-ring (bicyclic) bond motifs is 1. The second kappa shape index (κ2) is 10.1. The summed E-state index contributed by atoms with van der Waals surface area (Å²) in [7, 11) is 0. The number of aliphatic hydroxyl groups is 1. The summed E-state index contributed by atoms with van der Waals surface area (Å²) in [6.45, 7) is 10.9. The van der Waals surface area contributed by atoms with Gasteiger partial charge in [-0.2, -0.15) is 0 Å². The van der Waals surface area contributed by atoms with Crippen LogP contribution in [0.4, 0.5) is 4.79 Å². The van der Waals surface area contributed by atoms with Crippen LogP contribution in [-0.2, 0) is 14.2 Å². The molecule has 5 atom stereocenters. The lowest BCUT2D eigenvalue weighted by atomic mass is 9.69. The van der Waals surface area contributed by atoms with Crippen LogP contribution in [0.25, 0.3) is 0 Å². The van der Waals surface area contributed by atoms with Crippen LogP contribution in [0, 0.1) is 11.8 Å². The predicted octanol–water partition coefficient (Wildman–Crippen LogP) is 4.82.